The molecule has 0 aromatic heterocycles. The van der Waals surface area contributed by atoms with Gasteiger partial charge in [0.1, 0.15) is 0 Å². The molecule has 0 fully saturated rings. The summed E-state index contributed by atoms with van der Waals surface area (Å²) < 4.78 is 0.919. The third-order valence-electron chi connectivity index (χ3n) is 2.78. The van der Waals surface area contributed by atoms with Crippen LogP contribution < -0.4 is 16.0 Å². The zero-order chi connectivity index (χ0) is 13.7. The minimum absolute atomic E-state index is 0.00447. The van der Waals surface area contributed by atoms with Crippen LogP contribution >= 0.6 is 15.9 Å². The Morgan fingerprint density at radius 3 is 2.72 bits per heavy atom. The lowest BCUT2D eigenvalue weighted by atomic mass is 10.1. The van der Waals surface area contributed by atoms with Gasteiger partial charge in [-0.25, -0.2) is 0 Å². The van der Waals surface area contributed by atoms with E-state index >= 15 is 0 Å². The van der Waals surface area contributed by atoms with Crippen molar-refractivity contribution in [3.05, 3.63) is 22.2 Å². The van der Waals surface area contributed by atoms with Crippen LogP contribution in [0.5, 0.6) is 0 Å². The van der Waals surface area contributed by atoms with Gasteiger partial charge in [0.2, 0.25) is 5.91 Å². The number of hydrogen-bond donors (Lipinski definition) is 2. The molecule has 18 heavy (non-hydrogen) atoms. The summed E-state index contributed by atoms with van der Waals surface area (Å²) >= 11 is 3.51. The molecule has 0 saturated heterocycles. The number of halogens is 1. The molecule has 1 amide bonds. The fourth-order valence-electron chi connectivity index (χ4n) is 1.73. The van der Waals surface area contributed by atoms with Crippen molar-refractivity contribution in [1.82, 2.24) is 5.32 Å². The number of nitrogens with zero attached hydrogens (tertiary/aromatic N) is 1. The third kappa shape index (κ3) is 3.63. The lowest BCUT2D eigenvalue weighted by Gasteiger charge is -2.25. The summed E-state index contributed by atoms with van der Waals surface area (Å²) in [7, 11) is 1.65. The minimum atomic E-state index is 0.00447. The Morgan fingerprint density at radius 2 is 2.17 bits per heavy atom. The number of nitrogens with one attached hydrogen (secondary N) is 1. The molecule has 5 heteroatoms. The van der Waals surface area contributed by atoms with E-state index in [0.29, 0.717) is 6.54 Å². The number of benzene rings is 1. The van der Waals surface area contributed by atoms with Crippen molar-refractivity contribution in [3.63, 3.8) is 0 Å². The lowest BCUT2D eigenvalue weighted by Crippen LogP contribution is -2.36. The minimum Gasteiger partial charge on any atom is -0.398 e. The number of carbonyl (C=O) groups is 1. The van der Waals surface area contributed by atoms with Gasteiger partial charge in [0.15, 0.2) is 0 Å². The van der Waals surface area contributed by atoms with Crippen molar-refractivity contribution in [1.29, 1.82) is 0 Å². The van der Waals surface area contributed by atoms with E-state index in [2.05, 4.69) is 33.1 Å². The summed E-state index contributed by atoms with van der Waals surface area (Å²) in [5.74, 6) is 0.00447. The molecule has 0 radical (unpaired) electrons. The summed E-state index contributed by atoms with van der Waals surface area (Å²) in [5, 5.41) is 2.65. The molecule has 0 unspecified atom stereocenters. The number of likely N-dealkylation sites (N-methyl/N-ethyl adjacent to an activating group) is 1. The van der Waals surface area contributed by atoms with E-state index in [1.807, 2.05) is 19.1 Å². The van der Waals surface area contributed by atoms with E-state index in [1.54, 1.807) is 7.05 Å². The maximum Gasteiger partial charge on any atom is 0.239 e. The Hall–Kier alpha value is -1.23. The zero-order valence-corrected chi connectivity index (χ0v) is 12.7. The van der Waals surface area contributed by atoms with Gasteiger partial charge in [0.05, 0.1) is 12.2 Å². The van der Waals surface area contributed by atoms with Crippen LogP contribution in [0.1, 0.15) is 18.9 Å². The molecule has 0 atom stereocenters. The first-order chi connectivity index (χ1) is 8.49. The smallest absolute Gasteiger partial charge is 0.239 e. The second-order valence-corrected chi connectivity index (χ2v) is 5.11. The number of aryl methyl sites for hydroxylation is 1. The van der Waals surface area contributed by atoms with Gasteiger partial charge in [0, 0.05) is 23.8 Å². The van der Waals surface area contributed by atoms with Crippen molar-refractivity contribution in [2.75, 3.05) is 30.8 Å². The molecular weight excluding hydrogens is 294 g/mol. The topological polar surface area (TPSA) is 58.4 Å². The van der Waals surface area contributed by atoms with Gasteiger partial charge in [-0.2, -0.15) is 0 Å². The molecule has 0 spiro atoms. The third-order valence-corrected chi connectivity index (χ3v) is 3.42. The summed E-state index contributed by atoms with van der Waals surface area (Å²) in [6.07, 6.45) is 0.979. The standard InChI is InChI=1S/C13H20BrN3O/c1-4-5-17(8-13(18)16-3)12-6-9(2)11(15)7-10(12)14/h6-7H,4-5,8,15H2,1-3H3,(H,16,18). The summed E-state index contributed by atoms with van der Waals surface area (Å²) in [6, 6.07) is 3.90. The molecule has 4 nitrogen and oxygen atoms in total. The van der Waals surface area contributed by atoms with Crippen LogP contribution in [0.3, 0.4) is 0 Å². The SMILES string of the molecule is CCCN(CC(=O)NC)c1cc(C)c(N)cc1Br. The largest absolute Gasteiger partial charge is 0.398 e. The monoisotopic (exact) mass is 313 g/mol. The number of hydrogen-bond acceptors (Lipinski definition) is 3. The highest BCUT2D eigenvalue weighted by atomic mass is 79.9. The molecule has 0 aliphatic carbocycles. The summed E-state index contributed by atoms with van der Waals surface area (Å²) in [5.41, 5.74) is 8.64. The fraction of sp³-hybridized carbons (Fsp3) is 0.462. The van der Waals surface area contributed by atoms with Crippen LogP contribution in [0.2, 0.25) is 0 Å². The van der Waals surface area contributed by atoms with Gasteiger partial charge in [-0.05, 0) is 47.0 Å². The highest BCUT2D eigenvalue weighted by Gasteiger charge is 2.14. The number of nitrogens with two attached hydrogens (primary N) is 1. The van der Waals surface area contributed by atoms with Crippen LogP contribution in [0, 0.1) is 6.92 Å². The molecule has 1 rings (SSSR count). The maximum absolute atomic E-state index is 11.5. The first-order valence-electron chi connectivity index (χ1n) is 6.00. The van der Waals surface area contributed by atoms with Crippen LogP contribution in [-0.2, 0) is 4.79 Å². The van der Waals surface area contributed by atoms with Gasteiger partial charge < -0.3 is 16.0 Å². The molecule has 1 aromatic carbocycles. The van der Waals surface area contributed by atoms with Crippen LogP contribution in [0.4, 0.5) is 11.4 Å². The van der Waals surface area contributed by atoms with Gasteiger partial charge in [-0.3, -0.25) is 4.79 Å². The Morgan fingerprint density at radius 1 is 1.50 bits per heavy atom. The van der Waals surface area contributed by atoms with E-state index in [1.165, 1.54) is 0 Å². The lowest BCUT2D eigenvalue weighted by molar-refractivity contribution is -0.119. The number of amides is 1. The van der Waals surface area contributed by atoms with Gasteiger partial charge in [-0.1, -0.05) is 6.92 Å². The van der Waals surface area contributed by atoms with Crippen molar-refractivity contribution >= 4 is 33.2 Å². The second-order valence-electron chi connectivity index (χ2n) is 4.25. The summed E-state index contributed by atoms with van der Waals surface area (Å²) in [6.45, 7) is 5.24. The first-order valence-corrected chi connectivity index (χ1v) is 6.80. The average Bonchev–Trinajstić information content (AvgIpc) is 2.33. The highest BCUT2D eigenvalue weighted by Crippen LogP contribution is 2.30. The molecule has 3 N–H and O–H groups in total. The van der Waals surface area contributed by atoms with Crippen molar-refractivity contribution in [2.24, 2.45) is 0 Å². The average molecular weight is 314 g/mol. The van der Waals surface area contributed by atoms with Crippen molar-refractivity contribution < 1.29 is 4.79 Å². The molecular formula is C13H20BrN3O. The van der Waals surface area contributed by atoms with Gasteiger partial charge in [0.25, 0.3) is 0 Å². The van der Waals surface area contributed by atoms with Crippen LogP contribution in [0.15, 0.2) is 16.6 Å². The Bertz CT molecular complexity index is 434. The second kappa shape index (κ2) is 6.64. The van der Waals surface area contributed by atoms with E-state index < -0.39 is 0 Å². The molecule has 100 valence electrons. The fourth-order valence-corrected chi connectivity index (χ4v) is 2.34. The Labute approximate surface area is 117 Å². The Balaban J connectivity index is 3.05. The van der Waals surface area contributed by atoms with Gasteiger partial charge >= 0.3 is 0 Å². The van der Waals surface area contributed by atoms with E-state index in [-0.39, 0.29) is 5.91 Å². The number of carbonyl (C=O) groups excluding carboxylic acids is 1. The number of nitrogen functional groups attached to an aromatic ring is 1. The van der Waals surface area contributed by atoms with E-state index in [0.717, 1.165) is 34.4 Å². The van der Waals surface area contributed by atoms with Crippen molar-refractivity contribution in [2.45, 2.75) is 20.3 Å². The summed E-state index contributed by atoms with van der Waals surface area (Å²) in [4.78, 5) is 13.6. The number of rotatable bonds is 5. The Kier molecular flexibility index (Phi) is 5.47. The normalized spacial score (nSPS) is 10.2. The molecule has 0 saturated carbocycles. The zero-order valence-electron chi connectivity index (χ0n) is 11.1. The van der Waals surface area contributed by atoms with Crippen molar-refractivity contribution in [3.8, 4) is 0 Å². The van der Waals surface area contributed by atoms with E-state index in [9.17, 15) is 4.79 Å². The quantitative estimate of drug-likeness (QED) is 0.820. The maximum atomic E-state index is 11.5. The van der Waals surface area contributed by atoms with Crippen LogP contribution in [-0.4, -0.2) is 26.0 Å². The molecule has 1 aromatic rings. The molecule has 0 heterocycles. The predicted octanol–water partition coefficient (Wildman–Crippen LogP) is 2.30. The molecule has 0 bridgehead atoms. The van der Waals surface area contributed by atoms with Gasteiger partial charge in [-0.15, -0.1) is 0 Å². The molecule has 0 aliphatic rings. The number of anilines is 2. The van der Waals surface area contributed by atoms with E-state index in [4.69, 9.17) is 5.73 Å². The van der Waals surface area contributed by atoms with Crippen LogP contribution in [0.25, 0.3) is 0 Å². The first kappa shape index (κ1) is 14.8. The predicted molar refractivity (Wildman–Crippen MR) is 79.9 cm³/mol. The molecule has 0 aliphatic heterocycles. The highest BCUT2D eigenvalue weighted by molar-refractivity contribution is 9.10.